The summed E-state index contributed by atoms with van der Waals surface area (Å²) in [7, 11) is 0. The van der Waals surface area contributed by atoms with Gasteiger partial charge in [-0.05, 0) is 42.2 Å². The molecule has 1 aliphatic rings. The molecule has 1 aromatic heterocycles. The van der Waals surface area contributed by atoms with E-state index in [-0.39, 0.29) is 18.1 Å². The van der Waals surface area contributed by atoms with Crippen LogP contribution in [0.1, 0.15) is 18.9 Å². The molecule has 2 heterocycles. The zero-order valence-electron chi connectivity index (χ0n) is 12.8. The molecule has 0 bridgehead atoms. The molecule has 0 aliphatic carbocycles. The number of benzene rings is 1. The predicted octanol–water partition coefficient (Wildman–Crippen LogP) is 2.86. The molecule has 0 saturated carbocycles. The van der Waals surface area contributed by atoms with Crippen LogP contribution < -0.4 is 5.32 Å². The van der Waals surface area contributed by atoms with Crippen molar-refractivity contribution in [1.29, 1.82) is 0 Å². The molecule has 2 aromatic rings. The third kappa shape index (κ3) is 3.25. The van der Waals surface area contributed by atoms with Gasteiger partial charge < -0.3 is 15.3 Å². The molecule has 1 aliphatic heterocycles. The summed E-state index contributed by atoms with van der Waals surface area (Å²) in [5.41, 5.74) is 1.30. The number of hydrogen-bond acceptors (Lipinski definition) is 3. The van der Waals surface area contributed by atoms with Crippen molar-refractivity contribution in [2.45, 2.75) is 25.9 Å². The molecule has 0 spiro atoms. The van der Waals surface area contributed by atoms with Crippen molar-refractivity contribution in [3.8, 4) is 0 Å². The second-order valence-electron chi connectivity index (χ2n) is 5.97. The Morgan fingerprint density at radius 2 is 2.32 bits per heavy atom. The van der Waals surface area contributed by atoms with Gasteiger partial charge in [0.2, 0.25) is 0 Å². The largest absolute Gasteiger partial charge is 0.393 e. The first kappa shape index (κ1) is 15.3. The van der Waals surface area contributed by atoms with Gasteiger partial charge in [-0.3, -0.25) is 0 Å². The van der Waals surface area contributed by atoms with Gasteiger partial charge in [0.1, 0.15) is 0 Å². The molecular formula is C17H22N2O2S. The highest BCUT2D eigenvalue weighted by Crippen LogP contribution is 2.25. The average Bonchev–Trinajstić information content (AvgIpc) is 3.14. The number of hydrogen-bond donors (Lipinski definition) is 2. The van der Waals surface area contributed by atoms with Crippen molar-refractivity contribution < 1.29 is 9.90 Å². The highest BCUT2D eigenvalue weighted by Gasteiger charge is 2.28. The summed E-state index contributed by atoms with van der Waals surface area (Å²) in [5, 5.41) is 16.1. The number of fused-ring (bicyclic) bond motifs is 1. The first-order valence-corrected chi connectivity index (χ1v) is 8.69. The normalized spacial score (nSPS) is 19.5. The predicted molar refractivity (Wildman–Crippen MR) is 90.3 cm³/mol. The lowest BCUT2D eigenvalue weighted by atomic mass is 10.0. The minimum atomic E-state index is -0.338. The van der Waals surface area contributed by atoms with E-state index < -0.39 is 0 Å². The molecule has 5 heteroatoms. The number of carbonyl (C=O) groups is 1. The maximum atomic E-state index is 12.1. The fourth-order valence-corrected chi connectivity index (χ4v) is 4.01. The van der Waals surface area contributed by atoms with Crippen LogP contribution in [-0.2, 0) is 6.42 Å². The van der Waals surface area contributed by atoms with Crippen molar-refractivity contribution in [1.82, 2.24) is 10.2 Å². The second-order valence-corrected chi connectivity index (χ2v) is 6.89. The fourth-order valence-electron chi connectivity index (χ4n) is 3.01. The molecule has 4 nitrogen and oxygen atoms in total. The molecular weight excluding hydrogens is 296 g/mol. The van der Waals surface area contributed by atoms with Crippen LogP contribution in [0.15, 0.2) is 29.6 Å². The van der Waals surface area contributed by atoms with Crippen LogP contribution in [0.25, 0.3) is 10.1 Å². The Labute approximate surface area is 134 Å². The quantitative estimate of drug-likeness (QED) is 0.911. The molecule has 3 rings (SSSR count). The Balaban J connectivity index is 1.50. The summed E-state index contributed by atoms with van der Waals surface area (Å²) < 4.78 is 1.29. The molecule has 1 aromatic carbocycles. The van der Waals surface area contributed by atoms with E-state index in [2.05, 4.69) is 35.0 Å². The number of carbonyl (C=O) groups excluding carboxylic acids is 1. The molecule has 22 heavy (non-hydrogen) atoms. The molecule has 2 amide bonds. The van der Waals surface area contributed by atoms with Gasteiger partial charge in [0.25, 0.3) is 0 Å². The SMILES string of the molecule is C[C@H](O)[C@H]1CCN(C(=O)NCCc2csc3ccccc23)C1. The topological polar surface area (TPSA) is 52.6 Å². The van der Waals surface area contributed by atoms with Gasteiger partial charge in [-0.2, -0.15) is 0 Å². The number of nitrogens with zero attached hydrogens (tertiary/aromatic N) is 1. The summed E-state index contributed by atoms with van der Waals surface area (Å²) in [6.45, 7) is 3.84. The molecule has 1 fully saturated rings. The van der Waals surface area contributed by atoms with Crippen molar-refractivity contribution in [3.05, 3.63) is 35.2 Å². The van der Waals surface area contributed by atoms with Crippen molar-refractivity contribution in [3.63, 3.8) is 0 Å². The van der Waals surface area contributed by atoms with E-state index in [1.165, 1.54) is 15.6 Å². The number of urea groups is 1. The Morgan fingerprint density at radius 1 is 1.50 bits per heavy atom. The number of nitrogens with one attached hydrogen (secondary N) is 1. The first-order valence-electron chi connectivity index (χ1n) is 7.81. The van der Waals surface area contributed by atoms with Gasteiger partial charge in [-0.15, -0.1) is 11.3 Å². The maximum absolute atomic E-state index is 12.1. The number of likely N-dealkylation sites (tertiary alicyclic amines) is 1. The molecule has 1 saturated heterocycles. The number of aliphatic hydroxyl groups is 1. The number of thiophene rings is 1. The lowest BCUT2D eigenvalue weighted by molar-refractivity contribution is 0.129. The van der Waals surface area contributed by atoms with Crippen LogP contribution in [0.2, 0.25) is 0 Å². The van der Waals surface area contributed by atoms with Crippen molar-refractivity contribution in [2.75, 3.05) is 19.6 Å². The van der Waals surface area contributed by atoms with Crippen LogP contribution in [0.3, 0.4) is 0 Å². The van der Waals surface area contributed by atoms with Gasteiger partial charge in [0.05, 0.1) is 6.10 Å². The molecule has 118 valence electrons. The van der Waals surface area contributed by atoms with E-state index in [1.54, 1.807) is 18.3 Å². The zero-order valence-corrected chi connectivity index (χ0v) is 13.6. The summed E-state index contributed by atoms with van der Waals surface area (Å²) in [6, 6.07) is 8.36. The van der Waals surface area contributed by atoms with Gasteiger partial charge in [-0.1, -0.05) is 18.2 Å². The molecule has 0 radical (unpaired) electrons. The van der Waals surface area contributed by atoms with Crippen LogP contribution in [0.5, 0.6) is 0 Å². The van der Waals surface area contributed by atoms with Gasteiger partial charge in [0, 0.05) is 30.3 Å². The van der Waals surface area contributed by atoms with Crippen LogP contribution >= 0.6 is 11.3 Å². The van der Waals surface area contributed by atoms with E-state index >= 15 is 0 Å². The molecule has 2 N–H and O–H groups in total. The van der Waals surface area contributed by atoms with Crippen LogP contribution in [0.4, 0.5) is 4.79 Å². The van der Waals surface area contributed by atoms with E-state index in [0.717, 1.165) is 19.4 Å². The Bertz CT molecular complexity index is 653. The first-order chi connectivity index (χ1) is 10.6. The van der Waals surface area contributed by atoms with Crippen LogP contribution in [-0.4, -0.2) is 41.8 Å². The molecule has 2 atom stereocenters. The Kier molecular flexibility index (Phi) is 4.64. The Hall–Kier alpha value is -1.59. The third-order valence-corrected chi connectivity index (χ3v) is 5.44. The lowest BCUT2D eigenvalue weighted by Gasteiger charge is -2.18. The monoisotopic (exact) mass is 318 g/mol. The molecule has 0 unspecified atom stereocenters. The number of rotatable bonds is 4. The second kappa shape index (κ2) is 6.67. The van der Waals surface area contributed by atoms with Gasteiger partial charge in [0.15, 0.2) is 0 Å². The smallest absolute Gasteiger partial charge is 0.317 e. The maximum Gasteiger partial charge on any atom is 0.317 e. The highest BCUT2D eigenvalue weighted by atomic mass is 32.1. The minimum Gasteiger partial charge on any atom is -0.393 e. The fraction of sp³-hybridized carbons (Fsp3) is 0.471. The van der Waals surface area contributed by atoms with Crippen molar-refractivity contribution in [2.24, 2.45) is 5.92 Å². The van der Waals surface area contributed by atoms with Crippen molar-refractivity contribution >= 4 is 27.5 Å². The summed E-state index contributed by atoms with van der Waals surface area (Å²) in [4.78, 5) is 13.9. The van der Waals surface area contributed by atoms with E-state index in [1.807, 2.05) is 4.90 Å². The van der Waals surface area contributed by atoms with E-state index in [0.29, 0.717) is 13.1 Å². The summed E-state index contributed by atoms with van der Waals surface area (Å²) in [6.07, 6.45) is 1.40. The summed E-state index contributed by atoms with van der Waals surface area (Å²) in [5.74, 6) is 0.214. The zero-order chi connectivity index (χ0) is 15.5. The minimum absolute atomic E-state index is 0.0114. The van der Waals surface area contributed by atoms with Gasteiger partial charge in [-0.25, -0.2) is 4.79 Å². The summed E-state index contributed by atoms with van der Waals surface area (Å²) >= 11 is 1.75. The van der Waals surface area contributed by atoms with E-state index in [9.17, 15) is 9.90 Å². The third-order valence-electron chi connectivity index (χ3n) is 4.43. The highest BCUT2D eigenvalue weighted by molar-refractivity contribution is 7.17. The number of amides is 2. The van der Waals surface area contributed by atoms with Crippen LogP contribution in [0, 0.1) is 5.92 Å². The van der Waals surface area contributed by atoms with E-state index in [4.69, 9.17) is 0 Å². The lowest BCUT2D eigenvalue weighted by Crippen LogP contribution is -2.39. The Morgan fingerprint density at radius 3 is 3.09 bits per heavy atom. The van der Waals surface area contributed by atoms with Gasteiger partial charge >= 0.3 is 6.03 Å². The standard InChI is InChI=1S/C17H22N2O2S/c1-12(20)13-7-9-19(10-13)17(21)18-8-6-14-11-22-16-5-3-2-4-15(14)16/h2-5,11-13,20H,6-10H2,1H3,(H,18,21)/t12-,13-/m0/s1. The average molecular weight is 318 g/mol. The number of aliphatic hydroxyl groups excluding tert-OH is 1.